The van der Waals surface area contributed by atoms with Crippen LogP contribution >= 0.6 is 0 Å². The topological polar surface area (TPSA) is 99.8 Å². The average Bonchev–Trinajstić information content (AvgIpc) is 2.50. The second-order valence-corrected chi connectivity index (χ2v) is 5.30. The van der Waals surface area contributed by atoms with E-state index >= 15 is 0 Å². The highest BCUT2D eigenvalue weighted by Crippen LogP contribution is 2.17. The number of carbonyl (C=O) groups excluding carboxylic acids is 1. The molecule has 0 aliphatic heterocycles. The van der Waals surface area contributed by atoms with Gasteiger partial charge in [-0.25, -0.2) is 4.98 Å². The Hall–Kier alpha value is -1.43. The van der Waals surface area contributed by atoms with E-state index in [0.29, 0.717) is 5.82 Å². The van der Waals surface area contributed by atoms with Crippen LogP contribution in [0.15, 0.2) is 6.33 Å². The van der Waals surface area contributed by atoms with Crippen molar-refractivity contribution in [2.75, 3.05) is 0 Å². The van der Waals surface area contributed by atoms with Crippen molar-refractivity contribution < 1.29 is 4.79 Å². The second kappa shape index (κ2) is 3.86. The summed E-state index contributed by atoms with van der Waals surface area (Å²) in [6.07, 6.45) is 1.56. The number of nitrogens with two attached hydrogens (primary N) is 2. The average molecular weight is 225 g/mol. The van der Waals surface area contributed by atoms with Gasteiger partial charge in [-0.05, 0) is 6.92 Å². The van der Waals surface area contributed by atoms with Crippen molar-refractivity contribution in [2.45, 2.75) is 45.2 Å². The lowest BCUT2D eigenvalue weighted by molar-refractivity contribution is -0.123. The van der Waals surface area contributed by atoms with Crippen molar-refractivity contribution in [2.24, 2.45) is 11.5 Å². The molecule has 0 saturated heterocycles. The molecule has 0 saturated carbocycles. The quantitative estimate of drug-likeness (QED) is 0.742. The van der Waals surface area contributed by atoms with Gasteiger partial charge in [0.25, 0.3) is 0 Å². The van der Waals surface area contributed by atoms with Crippen LogP contribution in [-0.2, 0) is 16.8 Å². The minimum absolute atomic E-state index is 0.122. The highest BCUT2D eigenvalue weighted by Gasteiger charge is 2.27. The maximum absolute atomic E-state index is 11.1. The normalized spacial score (nSPS) is 15.8. The first kappa shape index (κ1) is 12.6. The Morgan fingerprint density at radius 3 is 2.38 bits per heavy atom. The first-order valence-corrected chi connectivity index (χ1v) is 5.11. The van der Waals surface area contributed by atoms with Crippen LogP contribution in [0.2, 0.25) is 0 Å². The summed E-state index contributed by atoms with van der Waals surface area (Å²) in [5.74, 6) is 0.160. The molecule has 6 heteroatoms. The van der Waals surface area contributed by atoms with Gasteiger partial charge in [0.15, 0.2) is 5.82 Å². The first-order valence-electron chi connectivity index (χ1n) is 5.11. The van der Waals surface area contributed by atoms with E-state index in [0.717, 1.165) is 0 Å². The number of primary amides is 1. The van der Waals surface area contributed by atoms with Gasteiger partial charge in [0.2, 0.25) is 5.91 Å². The van der Waals surface area contributed by atoms with E-state index in [9.17, 15) is 4.79 Å². The van der Waals surface area contributed by atoms with E-state index in [4.69, 9.17) is 11.5 Å². The van der Waals surface area contributed by atoms with Crippen molar-refractivity contribution in [1.29, 1.82) is 0 Å². The summed E-state index contributed by atoms with van der Waals surface area (Å²) < 4.78 is 1.55. The van der Waals surface area contributed by atoms with Gasteiger partial charge in [-0.1, -0.05) is 20.8 Å². The molecule has 1 aromatic rings. The van der Waals surface area contributed by atoms with Crippen LogP contribution in [0.1, 0.15) is 33.5 Å². The summed E-state index contributed by atoms with van der Waals surface area (Å²) in [4.78, 5) is 15.2. The van der Waals surface area contributed by atoms with Crippen LogP contribution in [0.3, 0.4) is 0 Å². The van der Waals surface area contributed by atoms with Gasteiger partial charge < -0.3 is 11.5 Å². The van der Waals surface area contributed by atoms with E-state index in [1.165, 1.54) is 0 Å². The minimum Gasteiger partial charge on any atom is -0.368 e. The Bertz CT molecular complexity index is 388. The summed E-state index contributed by atoms with van der Waals surface area (Å²) in [7, 11) is 0. The summed E-state index contributed by atoms with van der Waals surface area (Å²) in [6, 6.07) is 0. The number of hydrogen-bond acceptors (Lipinski definition) is 4. The number of hydrogen-bond donors (Lipinski definition) is 2. The van der Waals surface area contributed by atoms with E-state index in [1.54, 1.807) is 17.9 Å². The molecule has 0 aliphatic carbocycles. The minimum atomic E-state index is -1.11. The lowest BCUT2D eigenvalue weighted by Gasteiger charge is -2.19. The SMILES string of the molecule is CC(N)(Cn1cnc(C(C)(C)C)n1)C(N)=O. The van der Waals surface area contributed by atoms with Crippen LogP contribution in [0.4, 0.5) is 0 Å². The number of nitrogens with zero attached hydrogens (tertiary/aromatic N) is 3. The molecule has 1 heterocycles. The molecule has 1 unspecified atom stereocenters. The fraction of sp³-hybridized carbons (Fsp3) is 0.700. The molecule has 90 valence electrons. The van der Waals surface area contributed by atoms with Crippen LogP contribution in [0.25, 0.3) is 0 Å². The van der Waals surface area contributed by atoms with Crippen LogP contribution in [0, 0.1) is 0 Å². The van der Waals surface area contributed by atoms with Crippen molar-refractivity contribution in [3.63, 3.8) is 0 Å². The number of carbonyl (C=O) groups is 1. The standard InChI is InChI=1S/C10H19N5O/c1-9(2,3)8-13-6-15(14-8)5-10(4,12)7(11)16/h6H,5,12H2,1-4H3,(H2,11,16). The predicted octanol–water partition coefficient (Wildman–Crippen LogP) is -0.222. The number of amides is 1. The molecule has 0 spiro atoms. The van der Waals surface area contributed by atoms with Gasteiger partial charge in [-0.15, -0.1) is 0 Å². The van der Waals surface area contributed by atoms with Crippen molar-refractivity contribution in [3.05, 3.63) is 12.2 Å². The third-order valence-corrected chi connectivity index (χ3v) is 2.26. The molecule has 1 rings (SSSR count). The van der Waals surface area contributed by atoms with Crippen molar-refractivity contribution >= 4 is 5.91 Å². The summed E-state index contributed by atoms with van der Waals surface area (Å²) in [5, 5.41) is 4.27. The Morgan fingerprint density at radius 2 is 2.00 bits per heavy atom. The second-order valence-electron chi connectivity index (χ2n) is 5.30. The molecule has 0 aromatic carbocycles. The van der Waals surface area contributed by atoms with E-state index in [-0.39, 0.29) is 12.0 Å². The van der Waals surface area contributed by atoms with E-state index in [1.807, 2.05) is 20.8 Å². The zero-order valence-corrected chi connectivity index (χ0v) is 10.2. The van der Waals surface area contributed by atoms with Crippen molar-refractivity contribution in [1.82, 2.24) is 14.8 Å². The number of aromatic nitrogens is 3. The molecule has 0 fully saturated rings. The summed E-state index contributed by atoms with van der Waals surface area (Å²) >= 11 is 0. The van der Waals surface area contributed by atoms with Crippen molar-refractivity contribution in [3.8, 4) is 0 Å². The van der Waals surface area contributed by atoms with Crippen LogP contribution in [0.5, 0.6) is 0 Å². The van der Waals surface area contributed by atoms with Gasteiger partial charge in [0.1, 0.15) is 11.9 Å². The van der Waals surface area contributed by atoms with Gasteiger partial charge in [0.05, 0.1) is 6.54 Å². The van der Waals surface area contributed by atoms with Gasteiger partial charge in [0, 0.05) is 5.41 Å². The lowest BCUT2D eigenvalue weighted by atomic mass is 9.96. The largest absolute Gasteiger partial charge is 0.368 e. The third kappa shape index (κ3) is 2.79. The molecule has 1 amide bonds. The first-order chi connectivity index (χ1) is 7.13. The zero-order valence-electron chi connectivity index (χ0n) is 10.2. The lowest BCUT2D eigenvalue weighted by Crippen LogP contribution is -2.52. The van der Waals surface area contributed by atoms with Gasteiger partial charge in [-0.3, -0.25) is 9.48 Å². The van der Waals surface area contributed by atoms with E-state index in [2.05, 4.69) is 10.1 Å². The molecule has 1 atom stereocenters. The van der Waals surface area contributed by atoms with Gasteiger partial charge >= 0.3 is 0 Å². The maximum Gasteiger partial charge on any atom is 0.239 e. The number of rotatable bonds is 3. The van der Waals surface area contributed by atoms with Gasteiger partial charge in [-0.2, -0.15) is 5.10 Å². The van der Waals surface area contributed by atoms with Crippen LogP contribution in [-0.4, -0.2) is 26.2 Å². The molecule has 6 nitrogen and oxygen atoms in total. The molecule has 0 aliphatic rings. The Morgan fingerprint density at radius 1 is 1.44 bits per heavy atom. The fourth-order valence-electron chi connectivity index (χ4n) is 1.13. The Labute approximate surface area is 95.0 Å². The molecule has 1 aromatic heterocycles. The monoisotopic (exact) mass is 225 g/mol. The molecule has 16 heavy (non-hydrogen) atoms. The summed E-state index contributed by atoms with van der Waals surface area (Å²) in [6.45, 7) is 7.85. The zero-order chi connectivity index (χ0) is 12.6. The van der Waals surface area contributed by atoms with E-state index < -0.39 is 11.4 Å². The molecule has 4 N–H and O–H groups in total. The highest BCUT2D eigenvalue weighted by molar-refractivity contribution is 5.83. The fourth-order valence-corrected chi connectivity index (χ4v) is 1.13. The van der Waals surface area contributed by atoms with Crippen LogP contribution < -0.4 is 11.5 Å². The Balaban J connectivity index is 2.85. The highest BCUT2D eigenvalue weighted by atomic mass is 16.1. The molecule has 0 radical (unpaired) electrons. The Kier molecular flexibility index (Phi) is 3.05. The third-order valence-electron chi connectivity index (χ3n) is 2.26. The molecular weight excluding hydrogens is 206 g/mol. The smallest absolute Gasteiger partial charge is 0.239 e. The predicted molar refractivity (Wildman–Crippen MR) is 60.5 cm³/mol. The molecule has 0 bridgehead atoms. The summed E-state index contributed by atoms with van der Waals surface area (Å²) in [5.41, 5.74) is 9.70. The maximum atomic E-state index is 11.1. The molecular formula is C10H19N5O.